The molecule has 0 atom stereocenters. The highest BCUT2D eigenvalue weighted by molar-refractivity contribution is 5.71. The maximum absolute atomic E-state index is 13.8. The Bertz CT molecular complexity index is 1210. The Labute approximate surface area is 189 Å². The van der Waals surface area contributed by atoms with Gasteiger partial charge in [0, 0.05) is 18.2 Å². The molecule has 3 aromatic carbocycles. The molecule has 0 aromatic heterocycles. The van der Waals surface area contributed by atoms with Gasteiger partial charge in [-0.05, 0) is 30.3 Å². The zero-order chi connectivity index (χ0) is 24.9. The molecule has 0 spiro atoms. The van der Waals surface area contributed by atoms with Crippen LogP contribution in [0.15, 0.2) is 60.7 Å². The molecule has 178 valence electrons. The maximum Gasteiger partial charge on any atom is 0.419 e. The molecule has 34 heavy (non-hydrogen) atoms. The second-order valence-corrected chi connectivity index (χ2v) is 6.54. The fourth-order valence-corrected chi connectivity index (χ4v) is 2.68. The smallest absolute Gasteiger partial charge is 0.419 e. The molecular formula is C22H15F4NO7. The molecule has 0 unspecified atom stereocenters. The number of nitrogens with zero attached hydrogens (tertiary/aromatic N) is 1. The van der Waals surface area contributed by atoms with Crippen molar-refractivity contribution in [1.82, 2.24) is 0 Å². The number of para-hydroxylation sites is 2. The Morgan fingerprint density at radius 3 is 2.21 bits per heavy atom. The van der Waals surface area contributed by atoms with Gasteiger partial charge >= 0.3 is 17.8 Å². The summed E-state index contributed by atoms with van der Waals surface area (Å²) in [5.74, 6) is -2.76. The summed E-state index contributed by atoms with van der Waals surface area (Å²) in [6.45, 7) is -0.443. The number of nitro benzene ring substituents is 1. The Hall–Kier alpha value is -4.35. The molecule has 0 fully saturated rings. The lowest BCUT2D eigenvalue weighted by Gasteiger charge is -2.13. The van der Waals surface area contributed by atoms with E-state index in [2.05, 4.69) is 4.74 Å². The van der Waals surface area contributed by atoms with E-state index >= 15 is 0 Å². The molecule has 3 rings (SSSR count). The van der Waals surface area contributed by atoms with Crippen molar-refractivity contribution >= 4 is 11.7 Å². The molecule has 8 nitrogen and oxygen atoms in total. The van der Waals surface area contributed by atoms with Gasteiger partial charge < -0.3 is 18.9 Å². The van der Waals surface area contributed by atoms with Gasteiger partial charge in [0.25, 0.3) is 0 Å². The summed E-state index contributed by atoms with van der Waals surface area (Å²) < 4.78 is 72.8. The molecule has 0 saturated heterocycles. The summed E-state index contributed by atoms with van der Waals surface area (Å²) in [6.07, 6.45) is -4.87. The highest BCUT2D eigenvalue weighted by Crippen LogP contribution is 2.40. The summed E-state index contributed by atoms with van der Waals surface area (Å²) >= 11 is 0. The molecular weight excluding hydrogens is 466 g/mol. The van der Waals surface area contributed by atoms with Crippen LogP contribution in [0.1, 0.15) is 5.56 Å². The summed E-state index contributed by atoms with van der Waals surface area (Å²) in [5.41, 5.74) is -1.93. The number of nitro groups is 1. The number of methoxy groups -OCH3 is 1. The fourth-order valence-electron chi connectivity index (χ4n) is 2.68. The van der Waals surface area contributed by atoms with Crippen LogP contribution in [0.3, 0.4) is 0 Å². The molecule has 3 aromatic rings. The van der Waals surface area contributed by atoms with Crippen molar-refractivity contribution < 1.29 is 46.2 Å². The van der Waals surface area contributed by atoms with Crippen molar-refractivity contribution in [3.63, 3.8) is 0 Å². The van der Waals surface area contributed by atoms with E-state index in [1.807, 2.05) is 0 Å². The van der Waals surface area contributed by atoms with Crippen molar-refractivity contribution in [2.75, 3.05) is 13.7 Å². The van der Waals surface area contributed by atoms with Crippen molar-refractivity contribution in [2.45, 2.75) is 6.18 Å². The Morgan fingerprint density at radius 1 is 0.941 bits per heavy atom. The third-order valence-electron chi connectivity index (χ3n) is 4.25. The van der Waals surface area contributed by atoms with Gasteiger partial charge in [0.15, 0.2) is 18.1 Å². The minimum atomic E-state index is -4.87. The van der Waals surface area contributed by atoms with Gasteiger partial charge in [0.2, 0.25) is 5.75 Å². The van der Waals surface area contributed by atoms with E-state index in [9.17, 15) is 32.5 Å². The van der Waals surface area contributed by atoms with Crippen LogP contribution < -0.4 is 14.2 Å². The highest BCUT2D eigenvalue weighted by atomic mass is 19.4. The quantitative estimate of drug-likeness (QED) is 0.171. The minimum absolute atomic E-state index is 0.0206. The highest BCUT2D eigenvalue weighted by Gasteiger charge is 2.34. The van der Waals surface area contributed by atoms with Gasteiger partial charge in [-0.2, -0.15) is 13.2 Å². The minimum Gasteiger partial charge on any atom is -0.478 e. The van der Waals surface area contributed by atoms with Crippen LogP contribution in [-0.2, 0) is 15.7 Å². The van der Waals surface area contributed by atoms with E-state index in [1.54, 1.807) is 12.1 Å². The summed E-state index contributed by atoms with van der Waals surface area (Å²) in [7, 11) is 1.17. The molecule has 0 heterocycles. The maximum atomic E-state index is 13.8. The number of esters is 1. The number of benzene rings is 3. The third kappa shape index (κ3) is 5.91. The van der Waals surface area contributed by atoms with Gasteiger partial charge in [-0.15, -0.1) is 0 Å². The summed E-state index contributed by atoms with van der Waals surface area (Å²) in [4.78, 5) is 22.0. The third-order valence-corrected chi connectivity index (χ3v) is 4.25. The van der Waals surface area contributed by atoms with Crippen LogP contribution >= 0.6 is 0 Å². The molecule has 0 aliphatic carbocycles. The Balaban J connectivity index is 1.89. The second-order valence-electron chi connectivity index (χ2n) is 6.54. The number of ether oxygens (including phenoxy) is 4. The SMILES string of the molecule is COC(=O)COc1ccccc1Oc1cc(Oc2ccc(C(F)(F)F)c(F)c2)ccc1[N+](=O)[O-]. The van der Waals surface area contributed by atoms with E-state index in [-0.39, 0.29) is 28.7 Å². The number of carbonyl (C=O) groups is 1. The van der Waals surface area contributed by atoms with Gasteiger partial charge in [-0.1, -0.05) is 12.1 Å². The standard InChI is InChI=1S/C22H15F4NO7/c1-31-21(28)12-32-18-4-2-3-5-19(18)34-20-11-14(7-9-17(20)27(29)30)33-13-6-8-15(16(23)10-13)22(24,25)26/h2-11H,12H2,1H3. The van der Waals surface area contributed by atoms with Gasteiger partial charge in [0.05, 0.1) is 17.6 Å². The van der Waals surface area contributed by atoms with Crippen LogP contribution in [0.25, 0.3) is 0 Å². The predicted molar refractivity (Wildman–Crippen MR) is 109 cm³/mol. The monoisotopic (exact) mass is 481 g/mol. The van der Waals surface area contributed by atoms with Gasteiger partial charge in [-0.25, -0.2) is 9.18 Å². The van der Waals surface area contributed by atoms with Crippen LogP contribution in [0.5, 0.6) is 28.7 Å². The number of halogens is 4. The molecule has 0 N–H and O–H groups in total. The van der Waals surface area contributed by atoms with E-state index < -0.39 is 40.7 Å². The molecule has 0 bridgehead atoms. The first-order valence-corrected chi connectivity index (χ1v) is 9.38. The summed E-state index contributed by atoms with van der Waals surface area (Å²) in [6, 6.07) is 11.3. The van der Waals surface area contributed by atoms with Crippen molar-refractivity contribution in [2.24, 2.45) is 0 Å². The van der Waals surface area contributed by atoms with Crippen molar-refractivity contribution in [1.29, 1.82) is 0 Å². The first-order valence-electron chi connectivity index (χ1n) is 9.38. The van der Waals surface area contributed by atoms with E-state index in [4.69, 9.17) is 14.2 Å². The predicted octanol–water partition coefficient (Wildman–Crippen LogP) is 5.89. The van der Waals surface area contributed by atoms with E-state index in [0.717, 1.165) is 18.2 Å². The van der Waals surface area contributed by atoms with Crippen LogP contribution in [0, 0.1) is 15.9 Å². The van der Waals surface area contributed by atoms with Crippen LogP contribution in [0.4, 0.5) is 23.2 Å². The number of alkyl halides is 3. The Kier molecular flexibility index (Phi) is 7.19. The molecule has 0 amide bonds. The average Bonchev–Trinajstić information content (AvgIpc) is 2.77. The van der Waals surface area contributed by atoms with Crippen molar-refractivity contribution in [3.8, 4) is 28.7 Å². The first-order chi connectivity index (χ1) is 16.1. The zero-order valence-corrected chi connectivity index (χ0v) is 17.3. The molecule has 0 saturated carbocycles. The normalized spacial score (nSPS) is 11.0. The number of rotatable bonds is 8. The van der Waals surface area contributed by atoms with E-state index in [0.29, 0.717) is 12.1 Å². The topological polar surface area (TPSA) is 97.1 Å². The Morgan fingerprint density at radius 2 is 1.59 bits per heavy atom. The fraction of sp³-hybridized carbons (Fsp3) is 0.136. The van der Waals surface area contributed by atoms with E-state index in [1.165, 1.54) is 25.3 Å². The van der Waals surface area contributed by atoms with Gasteiger partial charge in [-0.3, -0.25) is 10.1 Å². The van der Waals surface area contributed by atoms with Gasteiger partial charge in [0.1, 0.15) is 17.3 Å². The van der Waals surface area contributed by atoms with Crippen LogP contribution in [-0.4, -0.2) is 24.6 Å². The molecule has 0 radical (unpaired) electrons. The summed E-state index contributed by atoms with van der Waals surface area (Å²) in [5, 5.41) is 11.4. The largest absolute Gasteiger partial charge is 0.478 e. The average molecular weight is 481 g/mol. The molecule has 0 aliphatic heterocycles. The first kappa shape index (κ1) is 24.3. The number of hydrogen-bond donors (Lipinski definition) is 0. The molecule has 0 aliphatic rings. The number of hydrogen-bond acceptors (Lipinski definition) is 7. The zero-order valence-electron chi connectivity index (χ0n) is 17.3. The van der Waals surface area contributed by atoms with Crippen LogP contribution in [0.2, 0.25) is 0 Å². The molecule has 12 heteroatoms. The lowest BCUT2D eigenvalue weighted by Crippen LogP contribution is -2.12. The number of carbonyl (C=O) groups excluding carboxylic acids is 1. The van der Waals surface area contributed by atoms with Crippen molar-refractivity contribution in [3.05, 3.63) is 82.2 Å². The lowest BCUT2D eigenvalue weighted by molar-refractivity contribution is -0.385. The lowest BCUT2D eigenvalue weighted by atomic mass is 10.2. The second kappa shape index (κ2) is 10.1.